The molecule has 1 aromatic rings. The fourth-order valence-electron chi connectivity index (χ4n) is 1.16. The third-order valence-corrected chi connectivity index (χ3v) is 1.76. The van der Waals surface area contributed by atoms with E-state index in [2.05, 4.69) is 15.3 Å². The van der Waals surface area contributed by atoms with Crippen molar-refractivity contribution in [2.75, 3.05) is 5.32 Å². The second-order valence-electron chi connectivity index (χ2n) is 2.66. The van der Waals surface area contributed by atoms with Gasteiger partial charge in [0, 0.05) is 4.91 Å². The minimum absolute atomic E-state index is 0.457. The summed E-state index contributed by atoms with van der Waals surface area (Å²) in [6.07, 6.45) is -1.12. The lowest BCUT2D eigenvalue weighted by molar-refractivity contribution is -0.123. The Morgan fingerprint density at radius 3 is 3.07 bits per heavy atom. The number of rotatable bonds is 1. The molecular formula is C8H6N4O2. The number of amides is 1. The molecule has 0 radical (unpaired) electrons. The van der Waals surface area contributed by atoms with Gasteiger partial charge in [-0.1, -0.05) is 12.1 Å². The van der Waals surface area contributed by atoms with Crippen LogP contribution >= 0.6 is 0 Å². The molecule has 70 valence electrons. The fourth-order valence-corrected chi connectivity index (χ4v) is 1.16. The summed E-state index contributed by atoms with van der Waals surface area (Å²) in [4.78, 5) is 13.8. The maximum Gasteiger partial charge on any atom is 0.271 e. The second kappa shape index (κ2) is 3.27. The minimum Gasteiger partial charge on any atom is -0.472 e. The molecule has 0 aromatic heterocycles. The van der Waals surface area contributed by atoms with Gasteiger partial charge in [-0.2, -0.15) is 0 Å². The summed E-state index contributed by atoms with van der Waals surface area (Å²) in [5.74, 6) is 0.0472. The molecule has 0 bridgehead atoms. The number of hydrogen-bond donors (Lipinski definition) is 1. The lowest BCUT2D eigenvalue weighted by Crippen LogP contribution is -2.34. The first-order valence-electron chi connectivity index (χ1n) is 3.92. The van der Waals surface area contributed by atoms with Crippen LogP contribution in [0, 0.1) is 0 Å². The molecule has 14 heavy (non-hydrogen) atoms. The van der Waals surface area contributed by atoms with E-state index in [-0.39, 0.29) is 0 Å². The van der Waals surface area contributed by atoms with Gasteiger partial charge in [0.25, 0.3) is 12.1 Å². The highest BCUT2D eigenvalue weighted by Crippen LogP contribution is 2.28. The zero-order chi connectivity index (χ0) is 9.97. The Kier molecular flexibility index (Phi) is 1.96. The molecule has 1 aromatic carbocycles. The van der Waals surface area contributed by atoms with Gasteiger partial charge in [-0.25, -0.2) is 0 Å². The molecular weight excluding hydrogens is 184 g/mol. The van der Waals surface area contributed by atoms with E-state index in [1.807, 2.05) is 0 Å². The van der Waals surface area contributed by atoms with Crippen molar-refractivity contribution in [3.05, 3.63) is 34.7 Å². The molecule has 0 saturated heterocycles. The summed E-state index contributed by atoms with van der Waals surface area (Å²) in [6.45, 7) is 0. The Morgan fingerprint density at radius 2 is 2.29 bits per heavy atom. The van der Waals surface area contributed by atoms with E-state index in [4.69, 9.17) is 10.3 Å². The van der Waals surface area contributed by atoms with Crippen molar-refractivity contribution in [3.63, 3.8) is 0 Å². The first-order valence-corrected chi connectivity index (χ1v) is 3.92. The van der Waals surface area contributed by atoms with Crippen molar-refractivity contribution in [1.29, 1.82) is 0 Å². The standard InChI is InChI=1S/C8H6N4O2/c9-12-11-8-7(13)10-5-3-1-2-4-6(5)14-8/h1-4,8H,(H,10,13). The van der Waals surface area contributed by atoms with E-state index >= 15 is 0 Å². The highest BCUT2D eigenvalue weighted by atomic mass is 16.5. The number of carbonyl (C=O) groups is 1. The number of nitrogens with one attached hydrogen (secondary N) is 1. The smallest absolute Gasteiger partial charge is 0.271 e. The number of benzene rings is 1. The zero-order valence-corrected chi connectivity index (χ0v) is 7.04. The van der Waals surface area contributed by atoms with Gasteiger partial charge in [-0.15, -0.1) is 0 Å². The average Bonchev–Trinajstić information content (AvgIpc) is 2.19. The Hall–Kier alpha value is -2.20. The number of azide groups is 1. The maximum atomic E-state index is 11.2. The third kappa shape index (κ3) is 1.34. The number of nitrogens with zero attached hydrogens (tertiary/aromatic N) is 3. The Morgan fingerprint density at radius 1 is 1.50 bits per heavy atom. The molecule has 1 amide bonds. The van der Waals surface area contributed by atoms with E-state index in [0.29, 0.717) is 11.4 Å². The van der Waals surface area contributed by atoms with Crippen LogP contribution in [0.15, 0.2) is 29.4 Å². The van der Waals surface area contributed by atoms with Crippen LogP contribution in [0.5, 0.6) is 5.75 Å². The minimum atomic E-state index is -1.12. The van der Waals surface area contributed by atoms with E-state index in [9.17, 15) is 4.79 Å². The number of hydrogen-bond acceptors (Lipinski definition) is 3. The molecule has 1 atom stereocenters. The van der Waals surface area contributed by atoms with Crippen molar-refractivity contribution in [2.45, 2.75) is 6.23 Å². The molecule has 1 heterocycles. The molecule has 1 aliphatic heterocycles. The molecule has 0 spiro atoms. The molecule has 1 unspecified atom stereocenters. The van der Waals surface area contributed by atoms with Crippen molar-refractivity contribution in [1.82, 2.24) is 0 Å². The zero-order valence-electron chi connectivity index (χ0n) is 7.04. The molecule has 0 fully saturated rings. The van der Waals surface area contributed by atoms with Gasteiger partial charge in [-0.3, -0.25) is 4.79 Å². The van der Waals surface area contributed by atoms with Gasteiger partial charge < -0.3 is 10.1 Å². The van der Waals surface area contributed by atoms with Crippen LogP contribution in [0.4, 0.5) is 5.69 Å². The van der Waals surface area contributed by atoms with Crippen LogP contribution in [-0.2, 0) is 4.79 Å². The normalized spacial score (nSPS) is 18.6. The first kappa shape index (κ1) is 8.40. The number of anilines is 1. The quantitative estimate of drug-likeness (QED) is 0.414. The van der Waals surface area contributed by atoms with Gasteiger partial charge in [0.05, 0.1) is 5.69 Å². The van der Waals surface area contributed by atoms with Crippen LogP contribution in [0.25, 0.3) is 10.4 Å². The molecule has 1 N–H and O–H groups in total. The maximum absolute atomic E-state index is 11.2. The van der Waals surface area contributed by atoms with Crippen LogP contribution < -0.4 is 10.1 Å². The van der Waals surface area contributed by atoms with Crippen molar-refractivity contribution in [3.8, 4) is 5.75 Å². The van der Waals surface area contributed by atoms with E-state index < -0.39 is 12.1 Å². The largest absolute Gasteiger partial charge is 0.472 e. The Labute approximate surface area is 79.1 Å². The monoisotopic (exact) mass is 190 g/mol. The molecule has 1 aliphatic rings. The Balaban J connectivity index is 2.35. The van der Waals surface area contributed by atoms with E-state index in [0.717, 1.165) is 0 Å². The van der Waals surface area contributed by atoms with Crippen molar-refractivity contribution >= 4 is 11.6 Å². The summed E-state index contributed by atoms with van der Waals surface area (Å²) in [5, 5.41) is 5.78. The number of ether oxygens (including phenoxy) is 1. The highest BCUT2D eigenvalue weighted by Gasteiger charge is 2.25. The van der Waals surface area contributed by atoms with Crippen molar-refractivity contribution < 1.29 is 9.53 Å². The molecule has 0 aliphatic carbocycles. The summed E-state index contributed by atoms with van der Waals surface area (Å²) in [7, 11) is 0. The predicted molar refractivity (Wildman–Crippen MR) is 48.6 cm³/mol. The molecule has 0 saturated carbocycles. The highest BCUT2D eigenvalue weighted by molar-refractivity contribution is 5.97. The second-order valence-corrected chi connectivity index (χ2v) is 2.66. The topological polar surface area (TPSA) is 87.1 Å². The predicted octanol–water partition coefficient (Wildman–Crippen LogP) is 1.65. The van der Waals surface area contributed by atoms with Crippen LogP contribution in [-0.4, -0.2) is 12.1 Å². The van der Waals surface area contributed by atoms with Crippen LogP contribution in [0.2, 0.25) is 0 Å². The van der Waals surface area contributed by atoms with Crippen LogP contribution in [0.1, 0.15) is 0 Å². The van der Waals surface area contributed by atoms with E-state index in [1.165, 1.54) is 0 Å². The van der Waals surface area contributed by atoms with Gasteiger partial charge >= 0.3 is 0 Å². The SMILES string of the molecule is [N-]=[N+]=NC1Oc2ccccc2NC1=O. The van der Waals surface area contributed by atoms with Gasteiger partial charge in [0.15, 0.2) is 0 Å². The Bertz CT molecular complexity index is 425. The van der Waals surface area contributed by atoms with Crippen LogP contribution in [0.3, 0.4) is 0 Å². The molecule has 6 nitrogen and oxygen atoms in total. The van der Waals surface area contributed by atoms with Gasteiger partial charge in [0.1, 0.15) is 5.75 Å². The number of carbonyl (C=O) groups excluding carboxylic acids is 1. The van der Waals surface area contributed by atoms with Crippen molar-refractivity contribution in [2.24, 2.45) is 5.11 Å². The summed E-state index contributed by atoms with van der Waals surface area (Å²) in [6, 6.07) is 6.94. The van der Waals surface area contributed by atoms with Gasteiger partial charge in [0.2, 0.25) is 0 Å². The number of fused-ring (bicyclic) bond motifs is 1. The number of para-hydroxylation sites is 2. The molecule has 2 rings (SSSR count). The first-order chi connectivity index (χ1) is 6.81. The summed E-state index contributed by atoms with van der Waals surface area (Å²) in [5.41, 5.74) is 8.77. The summed E-state index contributed by atoms with van der Waals surface area (Å²) < 4.78 is 5.15. The van der Waals surface area contributed by atoms with Gasteiger partial charge in [-0.05, 0) is 22.8 Å². The fraction of sp³-hybridized carbons (Fsp3) is 0.125. The van der Waals surface area contributed by atoms with E-state index in [1.54, 1.807) is 24.3 Å². The summed E-state index contributed by atoms with van der Waals surface area (Å²) >= 11 is 0. The lowest BCUT2D eigenvalue weighted by Gasteiger charge is -2.22. The lowest BCUT2D eigenvalue weighted by atomic mass is 10.2. The third-order valence-electron chi connectivity index (χ3n) is 1.76. The average molecular weight is 190 g/mol. The molecule has 6 heteroatoms.